The van der Waals surface area contributed by atoms with Crippen molar-refractivity contribution < 1.29 is 0 Å². The Hall–Kier alpha value is -0.720. The molecule has 70 valence electrons. The van der Waals surface area contributed by atoms with E-state index < -0.39 is 0 Å². The van der Waals surface area contributed by atoms with Gasteiger partial charge in [-0.2, -0.15) is 0 Å². The van der Waals surface area contributed by atoms with Gasteiger partial charge in [-0.05, 0) is 31.9 Å². The molecule has 1 atom stereocenters. The second-order valence-corrected chi connectivity index (χ2v) is 3.28. The summed E-state index contributed by atoms with van der Waals surface area (Å²) < 4.78 is 0. The van der Waals surface area contributed by atoms with Gasteiger partial charge in [-0.15, -0.1) is 0 Å². The fraction of sp³-hybridized carbons (Fsp3) is 0.636. The van der Waals surface area contributed by atoms with Crippen LogP contribution >= 0.6 is 0 Å². The van der Waals surface area contributed by atoms with Crippen LogP contribution in [0.3, 0.4) is 0 Å². The molecular weight excluding hydrogens is 146 g/mol. The van der Waals surface area contributed by atoms with E-state index >= 15 is 0 Å². The normalized spacial score (nSPS) is 12.2. The predicted octanol–water partition coefficient (Wildman–Crippen LogP) is 3.10. The van der Waals surface area contributed by atoms with Crippen molar-refractivity contribution >= 4 is 0 Å². The highest BCUT2D eigenvalue weighted by molar-refractivity contribution is 4.96. The first-order valence-electron chi connectivity index (χ1n) is 4.72. The number of allylic oxidation sites excluding steroid dienone is 1. The van der Waals surface area contributed by atoms with Crippen molar-refractivity contribution in [2.45, 2.75) is 33.1 Å². The summed E-state index contributed by atoms with van der Waals surface area (Å²) in [5, 5.41) is 3.11. The van der Waals surface area contributed by atoms with Gasteiger partial charge in [0.15, 0.2) is 0 Å². The molecule has 0 heterocycles. The van der Waals surface area contributed by atoms with Gasteiger partial charge in [-0.25, -0.2) is 0 Å². The molecule has 0 aliphatic rings. The van der Waals surface area contributed by atoms with E-state index in [0.717, 1.165) is 6.54 Å². The van der Waals surface area contributed by atoms with Gasteiger partial charge >= 0.3 is 0 Å². The maximum atomic E-state index is 4.00. The van der Waals surface area contributed by atoms with Crippen LogP contribution in [0.1, 0.15) is 33.1 Å². The Kier molecular flexibility index (Phi) is 6.54. The second kappa shape index (κ2) is 6.96. The highest BCUT2D eigenvalue weighted by Crippen LogP contribution is 2.18. The topological polar surface area (TPSA) is 12.0 Å². The smallest absolute Gasteiger partial charge is 0.0146 e. The molecule has 0 radical (unpaired) electrons. The summed E-state index contributed by atoms with van der Waals surface area (Å²) in [7, 11) is 0. The van der Waals surface area contributed by atoms with Crippen LogP contribution in [0.15, 0.2) is 24.9 Å². The minimum atomic E-state index is 0.683. The largest absolute Gasteiger partial charge is 0.391 e. The molecule has 1 N–H and O–H groups in total. The van der Waals surface area contributed by atoms with Crippen LogP contribution < -0.4 is 5.32 Å². The summed E-state index contributed by atoms with van der Waals surface area (Å²) in [4.78, 5) is 0. The molecule has 0 aromatic carbocycles. The standard InChI is InChI=1S/C11H21N/c1-5-7-11(10(3)4)8-9-12-6-2/h6,11-12H,2-3,5,7-9H2,1,4H3. The zero-order valence-electron chi connectivity index (χ0n) is 8.40. The van der Waals surface area contributed by atoms with Crippen LogP contribution in [0.2, 0.25) is 0 Å². The van der Waals surface area contributed by atoms with Gasteiger partial charge in [0.25, 0.3) is 0 Å². The van der Waals surface area contributed by atoms with E-state index in [1.54, 1.807) is 6.20 Å². The van der Waals surface area contributed by atoms with Crippen LogP contribution in [0.5, 0.6) is 0 Å². The Balaban J connectivity index is 3.63. The Labute approximate surface area is 76.6 Å². The molecule has 0 saturated carbocycles. The van der Waals surface area contributed by atoms with E-state index in [9.17, 15) is 0 Å². The molecular formula is C11H21N. The molecule has 0 aliphatic heterocycles. The zero-order chi connectivity index (χ0) is 9.40. The van der Waals surface area contributed by atoms with E-state index in [4.69, 9.17) is 0 Å². The highest BCUT2D eigenvalue weighted by Gasteiger charge is 2.06. The Morgan fingerprint density at radius 3 is 2.58 bits per heavy atom. The SMILES string of the molecule is C=CNCCC(CCC)C(=C)C. The van der Waals surface area contributed by atoms with Crippen molar-refractivity contribution in [2.75, 3.05) is 6.54 Å². The first-order valence-corrected chi connectivity index (χ1v) is 4.72. The van der Waals surface area contributed by atoms with E-state index in [1.807, 2.05) is 0 Å². The quantitative estimate of drug-likeness (QED) is 0.454. The Morgan fingerprint density at radius 2 is 2.17 bits per heavy atom. The molecule has 0 amide bonds. The van der Waals surface area contributed by atoms with Gasteiger partial charge in [0.1, 0.15) is 0 Å². The van der Waals surface area contributed by atoms with Crippen molar-refractivity contribution in [1.82, 2.24) is 5.32 Å². The number of hydrogen-bond acceptors (Lipinski definition) is 1. The summed E-state index contributed by atoms with van der Waals surface area (Å²) in [6.45, 7) is 13.0. The molecule has 0 spiro atoms. The van der Waals surface area contributed by atoms with Crippen molar-refractivity contribution in [3.8, 4) is 0 Å². The monoisotopic (exact) mass is 167 g/mol. The molecule has 1 heteroatoms. The van der Waals surface area contributed by atoms with Gasteiger partial charge in [0, 0.05) is 6.54 Å². The third kappa shape index (κ3) is 5.00. The Morgan fingerprint density at radius 1 is 1.50 bits per heavy atom. The Bertz CT molecular complexity index is 138. The lowest BCUT2D eigenvalue weighted by Gasteiger charge is -2.15. The van der Waals surface area contributed by atoms with Crippen LogP contribution in [-0.2, 0) is 0 Å². The lowest BCUT2D eigenvalue weighted by atomic mass is 9.93. The fourth-order valence-corrected chi connectivity index (χ4v) is 1.35. The lowest BCUT2D eigenvalue weighted by molar-refractivity contribution is 0.504. The van der Waals surface area contributed by atoms with Gasteiger partial charge in [-0.1, -0.05) is 32.1 Å². The van der Waals surface area contributed by atoms with Crippen molar-refractivity contribution in [3.63, 3.8) is 0 Å². The third-order valence-electron chi connectivity index (χ3n) is 2.12. The van der Waals surface area contributed by atoms with Crippen LogP contribution in [0.25, 0.3) is 0 Å². The maximum absolute atomic E-state index is 4.00. The van der Waals surface area contributed by atoms with E-state index in [2.05, 4.69) is 32.3 Å². The summed E-state index contributed by atoms with van der Waals surface area (Å²) in [5.41, 5.74) is 1.31. The van der Waals surface area contributed by atoms with E-state index in [1.165, 1.54) is 24.8 Å². The van der Waals surface area contributed by atoms with Crippen LogP contribution in [-0.4, -0.2) is 6.54 Å². The zero-order valence-corrected chi connectivity index (χ0v) is 8.40. The summed E-state index contributed by atoms with van der Waals surface area (Å²) in [6.07, 6.45) is 5.43. The van der Waals surface area contributed by atoms with Gasteiger partial charge in [0.05, 0.1) is 0 Å². The van der Waals surface area contributed by atoms with Crippen molar-refractivity contribution in [2.24, 2.45) is 5.92 Å². The molecule has 1 nitrogen and oxygen atoms in total. The van der Waals surface area contributed by atoms with Crippen molar-refractivity contribution in [1.29, 1.82) is 0 Å². The molecule has 0 aromatic heterocycles. The average molecular weight is 167 g/mol. The van der Waals surface area contributed by atoms with Gasteiger partial charge < -0.3 is 5.32 Å². The van der Waals surface area contributed by atoms with Crippen LogP contribution in [0, 0.1) is 5.92 Å². The summed E-state index contributed by atoms with van der Waals surface area (Å²) in [5.74, 6) is 0.683. The molecule has 1 unspecified atom stereocenters. The number of rotatable bonds is 7. The molecule has 0 aliphatic carbocycles. The predicted molar refractivity (Wildman–Crippen MR) is 56.0 cm³/mol. The fourth-order valence-electron chi connectivity index (χ4n) is 1.35. The maximum Gasteiger partial charge on any atom is 0.0146 e. The van der Waals surface area contributed by atoms with E-state index in [0.29, 0.717) is 5.92 Å². The second-order valence-electron chi connectivity index (χ2n) is 3.28. The van der Waals surface area contributed by atoms with Gasteiger partial charge in [-0.3, -0.25) is 0 Å². The van der Waals surface area contributed by atoms with Gasteiger partial charge in [0.2, 0.25) is 0 Å². The van der Waals surface area contributed by atoms with E-state index in [-0.39, 0.29) is 0 Å². The summed E-state index contributed by atoms with van der Waals surface area (Å²) >= 11 is 0. The third-order valence-corrected chi connectivity index (χ3v) is 2.12. The van der Waals surface area contributed by atoms with Crippen LogP contribution in [0.4, 0.5) is 0 Å². The molecule has 0 fully saturated rings. The minimum absolute atomic E-state index is 0.683. The molecule has 12 heavy (non-hydrogen) atoms. The van der Waals surface area contributed by atoms with Crippen molar-refractivity contribution in [3.05, 3.63) is 24.9 Å². The number of nitrogens with one attached hydrogen (secondary N) is 1. The lowest BCUT2D eigenvalue weighted by Crippen LogP contribution is -2.12. The molecule has 0 aromatic rings. The highest BCUT2D eigenvalue weighted by atomic mass is 14.8. The molecule has 0 saturated heterocycles. The number of hydrogen-bond donors (Lipinski definition) is 1. The first-order chi connectivity index (χ1) is 5.72. The first kappa shape index (κ1) is 11.3. The minimum Gasteiger partial charge on any atom is -0.391 e. The summed E-state index contributed by atoms with van der Waals surface area (Å²) in [6, 6.07) is 0. The average Bonchev–Trinajstić information content (AvgIpc) is 2.03. The molecule has 0 rings (SSSR count). The molecule has 0 bridgehead atoms.